The van der Waals surface area contributed by atoms with Crippen LogP contribution < -0.4 is 5.32 Å². The van der Waals surface area contributed by atoms with Crippen molar-refractivity contribution >= 4 is 0 Å². The molecule has 0 amide bonds. The topological polar surface area (TPSA) is 32.3 Å². The zero-order valence-electron chi connectivity index (χ0n) is 12.2. The quantitative estimate of drug-likeness (QED) is 0.844. The van der Waals surface area contributed by atoms with E-state index in [-0.39, 0.29) is 24.6 Å². The number of hydrogen-bond donors (Lipinski definition) is 2. The van der Waals surface area contributed by atoms with Crippen molar-refractivity contribution < 1.29 is 5.11 Å². The van der Waals surface area contributed by atoms with Crippen molar-refractivity contribution in [2.45, 2.75) is 31.8 Å². The third-order valence-corrected chi connectivity index (χ3v) is 3.64. The average Bonchev–Trinajstić information content (AvgIpc) is 2.49. The average molecular weight is 269 g/mol. The second-order valence-electron chi connectivity index (χ2n) is 5.34. The van der Waals surface area contributed by atoms with Gasteiger partial charge in [0, 0.05) is 18.0 Å². The summed E-state index contributed by atoms with van der Waals surface area (Å²) in [6, 6.07) is 21.4. The predicted octanol–water partition coefficient (Wildman–Crippen LogP) is 3.18. The van der Waals surface area contributed by atoms with Gasteiger partial charge in [-0.3, -0.25) is 0 Å². The van der Waals surface area contributed by atoms with Crippen molar-refractivity contribution in [1.82, 2.24) is 5.32 Å². The number of hydrogen-bond acceptors (Lipinski definition) is 2. The second-order valence-corrected chi connectivity index (χ2v) is 5.34. The molecule has 0 saturated heterocycles. The minimum atomic E-state index is 0.0972. The molecule has 106 valence electrons. The molecular formula is C18H23NO. The predicted molar refractivity (Wildman–Crippen MR) is 83.9 cm³/mol. The SMILES string of the molecule is CC(N[C@H](C)CO)C(c1ccccc1)c1ccccc1. The maximum atomic E-state index is 9.24. The smallest absolute Gasteiger partial charge is 0.0582 e. The molecule has 0 saturated carbocycles. The fraction of sp³-hybridized carbons (Fsp3) is 0.333. The Kier molecular flexibility index (Phi) is 5.33. The van der Waals surface area contributed by atoms with Gasteiger partial charge in [0.2, 0.25) is 0 Å². The van der Waals surface area contributed by atoms with Crippen molar-refractivity contribution in [3.05, 3.63) is 71.8 Å². The van der Waals surface area contributed by atoms with E-state index in [0.717, 1.165) is 0 Å². The first-order valence-corrected chi connectivity index (χ1v) is 7.19. The number of nitrogens with one attached hydrogen (secondary N) is 1. The summed E-state index contributed by atoms with van der Waals surface area (Å²) < 4.78 is 0. The molecule has 2 rings (SSSR count). The Bertz CT molecular complexity index is 458. The molecule has 2 atom stereocenters. The van der Waals surface area contributed by atoms with Gasteiger partial charge in [0.1, 0.15) is 0 Å². The van der Waals surface area contributed by atoms with Gasteiger partial charge in [-0.15, -0.1) is 0 Å². The summed E-state index contributed by atoms with van der Waals surface area (Å²) >= 11 is 0. The lowest BCUT2D eigenvalue weighted by molar-refractivity contribution is 0.239. The molecule has 2 aromatic rings. The molecule has 0 aliphatic heterocycles. The summed E-state index contributed by atoms with van der Waals surface area (Å²) in [4.78, 5) is 0. The molecule has 0 aliphatic rings. The van der Waals surface area contributed by atoms with Crippen LogP contribution in [0.1, 0.15) is 30.9 Å². The lowest BCUT2D eigenvalue weighted by Crippen LogP contribution is -2.40. The molecule has 20 heavy (non-hydrogen) atoms. The van der Waals surface area contributed by atoms with Gasteiger partial charge in [-0.05, 0) is 25.0 Å². The summed E-state index contributed by atoms with van der Waals surface area (Å²) in [5.41, 5.74) is 2.59. The van der Waals surface area contributed by atoms with E-state index in [0.29, 0.717) is 0 Å². The summed E-state index contributed by atoms with van der Waals surface area (Å²) in [5.74, 6) is 0.284. The molecule has 0 aromatic heterocycles. The summed E-state index contributed by atoms with van der Waals surface area (Å²) in [6.45, 7) is 4.33. The summed E-state index contributed by atoms with van der Waals surface area (Å²) in [6.07, 6.45) is 0. The highest BCUT2D eigenvalue weighted by molar-refractivity contribution is 5.34. The van der Waals surface area contributed by atoms with Crippen LogP contribution in [0.3, 0.4) is 0 Å². The van der Waals surface area contributed by atoms with Crippen molar-refractivity contribution in [3.63, 3.8) is 0 Å². The van der Waals surface area contributed by atoms with Crippen LogP contribution in [0.2, 0.25) is 0 Å². The van der Waals surface area contributed by atoms with Crippen molar-refractivity contribution in [2.75, 3.05) is 6.61 Å². The standard InChI is InChI=1S/C18H23NO/c1-14(13-20)19-15(2)18(16-9-5-3-6-10-16)17-11-7-4-8-12-17/h3-12,14-15,18-20H,13H2,1-2H3/t14-,15?/m1/s1. The van der Waals surface area contributed by atoms with Gasteiger partial charge in [0.15, 0.2) is 0 Å². The minimum absolute atomic E-state index is 0.0972. The van der Waals surface area contributed by atoms with Crippen LogP contribution in [-0.4, -0.2) is 23.8 Å². The van der Waals surface area contributed by atoms with E-state index in [9.17, 15) is 5.11 Å². The molecule has 2 N–H and O–H groups in total. The molecule has 2 heteroatoms. The van der Waals surface area contributed by atoms with Crippen LogP contribution in [0.5, 0.6) is 0 Å². The fourth-order valence-corrected chi connectivity index (χ4v) is 2.69. The van der Waals surface area contributed by atoms with Gasteiger partial charge >= 0.3 is 0 Å². The van der Waals surface area contributed by atoms with Crippen LogP contribution in [0, 0.1) is 0 Å². The van der Waals surface area contributed by atoms with Crippen LogP contribution in [0.4, 0.5) is 0 Å². The van der Waals surface area contributed by atoms with Crippen molar-refractivity contribution in [2.24, 2.45) is 0 Å². The zero-order chi connectivity index (χ0) is 14.4. The molecule has 0 aliphatic carbocycles. The van der Waals surface area contributed by atoms with Gasteiger partial charge in [-0.2, -0.15) is 0 Å². The first-order chi connectivity index (χ1) is 9.72. The molecule has 0 bridgehead atoms. The largest absolute Gasteiger partial charge is 0.395 e. The highest BCUT2D eigenvalue weighted by Gasteiger charge is 2.22. The van der Waals surface area contributed by atoms with E-state index < -0.39 is 0 Å². The third kappa shape index (κ3) is 3.69. The maximum Gasteiger partial charge on any atom is 0.0582 e. The second kappa shape index (κ2) is 7.22. The Morgan fingerprint density at radius 3 is 1.70 bits per heavy atom. The zero-order valence-corrected chi connectivity index (χ0v) is 12.2. The molecule has 0 fully saturated rings. The Balaban J connectivity index is 2.30. The van der Waals surface area contributed by atoms with E-state index in [1.807, 2.05) is 19.1 Å². The van der Waals surface area contributed by atoms with Crippen molar-refractivity contribution in [3.8, 4) is 0 Å². The highest BCUT2D eigenvalue weighted by atomic mass is 16.3. The molecule has 1 unspecified atom stereocenters. The first-order valence-electron chi connectivity index (χ1n) is 7.19. The Labute approximate surface area is 121 Å². The first kappa shape index (κ1) is 14.8. The van der Waals surface area contributed by atoms with Gasteiger partial charge < -0.3 is 10.4 Å². The van der Waals surface area contributed by atoms with Gasteiger partial charge in [-0.1, -0.05) is 60.7 Å². The molecular weight excluding hydrogens is 246 g/mol. The molecule has 0 heterocycles. The van der Waals surface area contributed by atoms with E-state index in [1.54, 1.807) is 0 Å². The molecule has 0 spiro atoms. The fourth-order valence-electron chi connectivity index (χ4n) is 2.69. The maximum absolute atomic E-state index is 9.24. The summed E-state index contributed by atoms with van der Waals surface area (Å²) in [5, 5.41) is 12.7. The van der Waals surface area contributed by atoms with Crippen molar-refractivity contribution in [1.29, 1.82) is 0 Å². The van der Waals surface area contributed by atoms with Crippen LogP contribution >= 0.6 is 0 Å². The van der Waals surface area contributed by atoms with Gasteiger partial charge in [-0.25, -0.2) is 0 Å². The number of rotatable bonds is 6. The molecule has 2 aromatic carbocycles. The van der Waals surface area contributed by atoms with E-state index in [1.165, 1.54) is 11.1 Å². The van der Waals surface area contributed by atoms with E-state index >= 15 is 0 Å². The third-order valence-electron chi connectivity index (χ3n) is 3.64. The number of aliphatic hydroxyl groups is 1. The Hall–Kier alpha value is -1.64. The Morgan fingerprint density at radius 1 is 0.850 bits per heavy atom. The van der Waals surface area contributed by atoms with E-state index in [2.05, 4.69) is 60.8 Å². The van der Waals surface area contributed by atoms with Gasteiger partial charge in [0.05, 0.1) is 6.61 Å². The minimum Gasteiger partial charge on any atom is -0.395 e. The Morgan fingerprint density at radius 2 is 1.30 bits per heavy atom. The lowest BCUT2D eigenvalue weighted by atomic mass is 9.85. The normalized spacial score (nSPS) is 14.2. The molecule has 0 radical (unpaired) electrons. The molecule has 2 nitrogen and oxygen atoms in total. The van der Waals surface area contributed by atoms with E-state index in [4.69, 9.17) is 0 Å². The van der Waals surface area contributed by atoms with Crippen LogP contribution in [0.15, 0.2) is 60.7 Å². The number of benzene rings is 2. The van der Waals surface area contributed by atoms with Gasteiger partial charge in [0.25, 0.3) is 0 Å². The number of aliphatic hydroxyl groups excluding tert-OH is 1. The van der Waals surface area contributed by atoms with Crippen LogP contribution in [-0.2, 0) is 0 Å². The monoisotopic (exact) mass is 269 g/mol. The lowest BCUT2D eigenvalue weighted by Gasteiger charge is -2.28. The van der Waals surface area contributed by atoms with Crippen LogP contribution in [0.25, 0.3) is 0 Å². The highest BCUT2D eigenvalue weighted by Crippen LogP contribution is 2.28. The summed E-state index contributed by atoms with van der Waals surface area (Å²) in [7, 11) is 0.